The summed E-state index contributed by atoms with van der Waals surface area (Å²) < 4.78 is 0. The molecular weight excluding hydrogens is 162 g/mol. The molecule has 2 N–H and O–H groups in total. The fraction of sp³-hybridized carbons (Fsp3) is 1.00. The first-order valence-electron chi connectivity index (χ1n) is 5.66. The van der Waals surface area contributed by atoms with Crippen LogP contribution >= 0.6 is 0 Å². The van der Waals surface area contributed by atoms with Gasteiger partial charge in [0.15, 0.2) is 0 Å². The third-order valence-corrected chi connectivity index (χ3v) is 2.45. The molecule has 0 spiro atoms. The lowest BCUT2D eigenvalue weighted by atomic mass is 9.95. The van der Waals surface area contributed by atoms with Crippen LogP contribution in [0.2, 0.25) is 0 Å². The molecule has 0 saturated carbocycles. The minimum atomic E-state index is 0.349. The molecular formula is C11H25NO. The van der Waals surface area contributed by atoms with Crippen molar-refractivity contribution in [2.24, 2.45) is 5.92 Å². The first-order chi connectivity index (χ1) is 6.35. The Labute approximate surface area is 82.7 Å². The van der Waals surface area contributed by atoms with Crippen molar-refractivity contribution in [2.45, 2.75) is 46.0 Å². The molecule has 0 amide bonds. The third-order valence-electron chi connectivity index (χ3n) is 2.45. The normalized spacial score (nSPS) is 13.2. The average Bonchev–Trinajstić information content (AvgIpc) is 2.14. The number of aliphatic hydroxyl groups excluding tert-OH is 1. The van der Waals surface area contributed by atoms with Gasteiger partial charge >= 0.3 is 0 Å². The second kappa shape index (κ2) is 10.0. The lowest BCUT2D eigenvalue weighted by Crippen LogP contribution is -2.17. The minimum Gasteiger partial charge on any atom is -0.396 e. The summed E-state index contributed by atoms with van der Waals surface area (Å²) in [5, 5.41) is 12.1. The maximum atomic E-state index is 8.74. The van der Waals surface area contributed by atoms with Crippen molar-refractivity contribution in [1.29, 1.82) is 0 Å². The smallest absolute Gasteiger partial charge is 0.0431 e. The van der Waals surface area contributed by atoms with Crippen molar-refractivity contribution in [3.05, 3.63) is 0 Å². The molecule has 2 heteroatoms. The highest BCUT2D eigenvalue weighted by molar-refractivity contribution is 4.60. The van der Waals surface area contributed by atoms with Gasteiger partial charge in [0, 0.05) is 6.61 Å². The second-order valence-corrected chi connectivity index (χ2v) is 3.66. The molecule has 1 unspecified atom stereocenters. The second-order valence-electron chi connectivity index (χ2n) is 3.66. The monoisotopic (exact) mass is 187 g/mol. The Kier molecular flexibility index (Phi) is 9.94. The van der Waals surface area contributed by atoms with E-state index < -0.39 is 0 Å². The van der Waals surface area contributed by atoms with Gasteiger partial charge in [0.1, 0.15) is 0 Å². The fourth-order valence-electron chi connectivity index (χ4n) is 1.70. The number of nitrogens with one attached hydrogen (secondary N) is 1. The van der Waals surface area contributed by atoms with E-state index in [1.807, 2.05) is 0 Å². The molecule has 0 aliphatic heterocycles. The van der Waals surface area contributed by atoms with Crippen LogP contribution in [0.4, 0.5) is 0 Å². The van der Waals surface area contributed by atoms with E-state index in [1.54, 1.807) is 0 Å². The van der Waals surface area contributed by atoms with Gasteiger partial charge in [-0.2, -0.15) is 0 Å². The van der Waals surface area contributed by atoms with Crippen molar-refractivity contribution in [3.63, 3.8) is 0 Å². The van der Waals surface area contributed by atoms with E-state index >= 15 is 0 Å². The molecule has 0 aromatic carbocycles. The van der Waals surface area contributed by atoms with Crippen molar-refractivity contribution < 1.29 is 5.11 Å². The average molecular weight is 187 g/mol. The molecule has 2 nitrogen and oxygen atoms in total. The highest BCUT2D eigenvalue weighted by atomic mass is 16.2. The molecule has 0 saturated heterocycles. The number of rotatable bonds is 9. The Balaban J connectivity index is 3.41. The summed E-state index contributed by atoms with van der Waals surface area (Å²) >= 11 is 0. The molecule has 0 aliphatic carbocycles. The Morgan fingerprint density at radius 2 is 1.92 bits per heavy atom. The summed E-state index contributed by atoms with van der Waals surface area (Å²) in [5.41, 5.74) is 0. The zero-order chi connectivity index (χ0) is 9.94. The van der Waals surface area contributed by atoms with E-state index in [9.17, 15) is 0 Å². The first-order valence-corrected chi connectivity index (χ1v) is 5.66. The fourth-order valence-corrected chi connectivity index (χ4v) is 1.70. The molecule has 0 radical (unpaired) electrons. The molecule has 0 bridgehead atoms. The van der Waals surface area contributed by atoms with E-state index in [2.05, 4.69) is 19.2 Å². The van der Waals surface area contributed by atoms with Crippen molar-refractivity contribution in [1.82, 2.24) is 5.32 Å². The molecule has 0 aliphatic rings. The first kappa shape index (κ1) is 12.9. The molecule has 0 rings (SSSR count). The minimum absolute atomic E-state index is 0.349. The topological polar surface area (TPSA) is 32.3 Å². The van der Waals surface area contributed by atoms with Gasteiger partial charge in [0.2, 0.25) is 0 Å². The van der Waals surface area contributed by atoms with Crippen LogP contribution in [0.15, 0.2) is 0 Å². The largest absolute Gasteiger partial charge is 0.396 e. The van der Waals surface area contributed by atoms with E-state index in [-0.39, 0.29) is 0 Å². The van der Waals surface area contributed by atoms with Crippen molar-refractivity contribution in [2.75, 3.05) is 19.7 Å². The lowest BCUT2D eigenvalue weighted by molar-refractivity contribution is 0.264. The van der Waals surface area contributed by atoms with Crippen LogP contribution in [0, 0.1) is 5.92 Å². The molecule has 0 fully saturated rings. The predicted molar refractivity (Wildman–Crippen MR) is 57.9 cm³/mol. The molecule has 13 heavy (non-hydrogen) atoms. The maximum Gasteiger partial charge on any atom is 0.0431 e. The van der Waals surface area contributed by atoms with E-state index in [1.165, 1.54) is 25.7 Å². The highest BCUT2D eigenvalue weighted by Crippen LogP contribution is 2.16. The lowest BCUT2D eigenvalue weighted by Gasteiger charge is -2.15. The van der Waals surface area contributed by atoms with Crippen LogP contribution in [-0.4, -0.2) is 24.8 Å². The Morgan fingerprint density at radius 3 is 2.46 bits per heavy atom. The summed E-state index contributed by atoms with van der Waals surface area (Å²) in [6.07, 6.45) is 6.00. The molecule has 0 heterocycles. The van der Waals surface area contributed by atoms with Gasteiger partial charge in [-0.3, -0.25) is 0 Å². The predicted octanol–water partition coefficient (Wildman–Crippen LogP) is 2.17. The van der Waals surface area contributed by atoms with Gasteiger partial charge in [0.05, 0.1) is 0 Å². The third kappa shape index (κ3) is 8.26. The molecule has 0 aromatic heterocycles. The quantitative estimate of drug-likeness (QED) is 0.542. The summed E-state index contributed by atoms with van der Waals surface area (Å²) in [7, 11) is 0. The van der Waals surface area contributed by atoms with Gasteiger partial charge in [-0.15, -0.1) is 0 Å². The van der Waals surface area contributed by atoms with Crippen LogP contribution < -0.4 is 5.32 Å². The maximum absolute atomic E-state index is 8.74. The summed E-state index contributed by atoms with van der Waals surface area (Å²) in [5.74, 6) is 0.816. The Bertz CT molecular complexity index is 96.1. The molecule has 80 valence electrons. The van der Waals surface area contributed by atoms with Gasteiger partial charge in [-0.05, 0) is 38.3 Å². The van der Waals surface area contributed by atoms with Crippen LogP contribution in [0.5, 0.6) is 0 Å². The van der Waals surface area contributed by atoms with Crippen LogP contribution in [0.25, 0.3) is 0 Å². The zero-order valence-corrected chi connectivity index (χ0v) is 9.18. The van der Waals surface area contributed by atoms with E-state index in [0.29, 0.717) is 6.61 Å². The Morgan fingerprint density at radius 1 is 1.15 bits per heavy atom. The van der Waals surface area contributed by atoms with E-state index in [0.717, 1.165) is 25.4 Å². The van der Waals surface area contributed by atoms with Gasteiger partial charge in [0.25, 0.3) is 0 Å². The number of hydrogen-bond donors (Lipinski definition) is 2. The summed E-state index contributed by atoms with van der Waals surface area (Å²) in [4.78, 5) is 0. The SMILES string of the molecule is CCCC(CCCO)CCNCC. The van der Waals surface area contributed by atoms with E-state index in [4.69, 9.17) is 5.11 Å². The number of aliphatic hydroxyl groups is 1. The molecule has 0 aromatic rings. The van der Waals surface area contributed by atoms with Crippen LogP contribution in [0.1, 0.15) is 46.0 Å². The van der Waals surface area contributed by atoms with Gasteiger partial charge in [-0.1, -0.05) is 26.7 Å². The Hall–Kier alpha value is -0.0800. The van der Waals surface area contributed by atoms with Crippen LogP contribution in [-0.2, 0) is 0 Å². The van der Waals surface area contributed by atoms with Crippen molar-refractivity contribution >= 4 is 0 Å². The standard InChI is InChI=1S/C11H25NO/c1-3-6-11(7-5-10-13)8-9-12-4-2/h11-13H,3-10H2,1-2H3. The van der Waals surface area contributed by atoms with Gasteiger partial charge < -0.3 is 10.4 Å². The zero-order valence-electron chi connectivity index (χ0n) is 9.18. The highest BCUT2D eigenvalue weighted by Gasteiger charge is 2.06. The number of hydrogen-bond acceptors (Lipinski definition) is 2. The summed E-state index contributed by atoms with van der Waals surface area (Å²) in [6, 6.07) is 0. The van der Waals surface area contributed by atoms with Gasteiger partial charge in [-0.25, -0.2) is 0 Å². The summed E-state index contributed by atoms with van der Waals surface area (Å²) in [6.45, 7) is 6.93. The van der Waals surface area contributed by atoms with Crippen LogP contribution in [0.3, 0.4) is 0 Å². The molecule has 1 atom stereocenters. The van der Waals surface area contributed by atoms with Crippen molar-refractivity contribution in [3.8, 4) is 0 Å².